The number of para-hydroxylation sites is 1. The molecule has 0 bridgehead atoms. The minimum atomic E-state index is -0.886. The molecule has 0 N–H and O–H groups in total. The number of halogens is 1. The number of fused-ring (bicyclic) bond motifs is 1. The number of thiazole rings is 1. The molecule has 1 unspecified atom stereocenters. The largest absolute Gasteiger partial charge is 0.453 e. The third-order valence-electron chi connectivity index (χ3n) is 4.45. The molecule has 2 aromatic carbocycles. The smallest absolute Gasteiger partial charge is 0.306 e. The van der Waals surface area contributed by atoms with Gasteiger partial charge in [0.15, 0.2) is 6.10 Å². The second-order valence-electron chi connectivity index (χ2n) is 6.89. The molecule has 0 saturated heterocycles. The Morgan fingerprint density at radius 2 is 2.00 bits per heavy atom. The van der Waals surface area contributed by atoms with Gasteiger partial charge >= 0.3 is 5.97 Å². The lowest BCUT2D eigenvalue weighted by Crippen LogP contribution is -2.37. The molecule has 0 fully saturated rings. The third-order valence-corrected chi connectivity index (χ3v) is 5.55. The number of carbonyl (C=O) groups excluding carboxylic acids is 2. The van der Waals surface area contributed by atoms with Crippen LogP contribution in [0.5, 0.6) is 0 Å². The molecule has 3 rings (SSSR count). The van der Waals surface area contributed by atoms with E-state index >= 15 is 0 Å². The van der Waals surface area contributed by atoms with Crippen molar-refractivity contribution >= 4 is 33.4 Å². The number of aryl methyl sites for hydroxylation is 1. The molecular formula is C22H23FN2O3S. The second-order valence-corrected chi connectivity index (χ2v) is 8.00. The minimum absolute atomic E-state index is 0.223. The molecular weight excluding hydrogens is 391 g/mol. The summed E-state index contributed by atoms with van der Waals surface area (Å²) in [4.78, 5) is 30.5. The maximum absolute atomic E-state index is 13.3. The van der Waals surface area contributed by atoms with E-state index in [0.717, 1.165) is 15.2 Å². The second kappa shape index (κ2) is 9.60. The SMILES string of the molecule is CC(OC(=O)CCCc1nc2ccccc2s1)C(=O)N(C)Cc1cccc(F)c1. The van der Waals surface area contributed by atoms with E-state index in [1.165, 1.54) is 17.0 Å². The number of hydrogen-bond donors (Lipinski definition) is 0. The summed E-state index contributed by atoms with van der Waals surface area (Å²) in [5.74, 6) is -1.09. The Balaban J connectivity index is 1.43. The Morgan fingerprint density at radius 3 is 2.76 bits per heavy atom. The number of esters is 1. The lowest BCUT2D eigenvalue weighted by atomic mass is 10.2. The molecule has 1 amide bonds. The highest BCUT2D eigenvalue weighted by Gasteiger charge is 2.21. The third kappa shape index (κ3) is 5.84. The Kier molecular flexibility index (Phi) is 6.93. The van der Waals surface area contributed by atoms with E-state index in [9.17, 15) is 14.0 Å². The standard InChI is InChI=1S/C22H23FN2O3S/c1-15(22(27)25(2)14-16-7-5-8-17(23)13-16)28-21(26)12-6-11-20-24-18-9-3-4-10-19(18)29-20/h3-5,7-10,13,15H,6,11-12,14H2,1-2H3. The van der Waals surface area contributed by atoms with Gasteiger partial charge in [-0.15, -0.1) is 11.3 Å². The van der Waals surface area contributed by atoms with Gasteiger partial charge in [0.2, 0.25) is 0 Å². The molecule has 1 aromatic heterocycles. The normalized spacial score (nSPS) is 12.0. The van der Waals surface area contributed by atoms with Gasteiger partial charge < -0.3 is 9.64 Å². The summed E-state index contributed by atoms with van der Waals surface area (Å²) in [6, 6.07) is 14.0. The van der Waals surface area contributed by atoms with Crippen LogP contribution in [0.2, 0.25) is 0 Å². The van der Waals surface area contributed by atoms with Gasteiger partial charge in [-0.05, 0) is 49.6 Å². The van der Waals surface area contributed by atoms with Gasteiger partial charge in [-0.1, -0.05) is 24.3 Å². The predicted molar refractivity (Wildman–Crippen MR) is 111 cm³/mol. The summed E-state index contributed by atoms with van der Waals surface area (Å²) in [5, 5.41) is 0.984. The van der Waals surface area contributed by atoms with Gasteiger partial charge in [0.05, 0.1) is 15.2 Å². The first-order valence-electron chi connectivity index (χ1n) is 9.45. The van der Waals surface area contributed by atoms with Crippen LogP contribution >= 0.6 is 11.3 Å². The molecule has 0 aliphatic heterocycles. The fraction of sp³-hybridized carbons (Fsp3) is 0.318. The fourth-order valence-corrected chi connectivity index (χ4v) is 4.02. The van der Waals surface area contributed by atoms with E-state index in [-0.39, 0.29) is 24.7 Å². The van der Waals surface area contributed by atoms with Crippen LogP contribution < -0.4 is 0 Å². The predicted octanol–water partition coefficient (Wildman–Crippen LogP) is 4.35. The Bertz CT molecular complexity index is 971. The van der Waals surface area contributed by atoms with Gasteiger partial charge in [-0.2, -0.15) is 0 Å². The fourth-order valence-electron chi connectivity index (χ4n) is 3.01. The Hall–Kier alpha value is -2.80. The van der Waals surface area contributed by atoms with Crippen molar-refractivity contribution in [3.8, 4) is 0 Å². The quantitative estimate of drug-likeness (QED) is 0.514. The van der Waals surface area contributed by atoms with Gasteiger partial charge in [-0.25, -0.2) is 9.37 Å². The first kappa shape index (κ1) is 20.9. The van der Waals surface area contributed by atoms with Gasteiger partial charge in [-0.3, -0.25) is 9.59 Å². The molecule has 0 saturated carbocycles. The van der Waals surface area contributed by atoms with Crippen molar-refractivity contribution < 1.29 is 18.7 Å². The molecule has 0 radical (unpaired) electrons. The van der Waals surface area contributed by atoms with Crippen LogP contribution in [-0.2, 0) is 27.3 Å². The summed E-state index contributed by atoms with van der Waals surface area (Å²) < 4.78 is 19.7. The van der Waals surface area contributed by atoms with Gasteiger partial charge in [0.25, 0.3) is 5.91 Å². The van der Waals surface area contributed by atoms with Crippen molar-refractivity contribution in [1.82, 2.24) is 9.88 Å². The highest BCUT2D eigenvalue weighted by molar-refractivity contribution is 7.18. The number of amides is 1. The maximum Gasteiger partial charge on any atom is 0.306 e. The summed E-state index contributed by atoms with van der Waals surface area (Å²) in [5.41, 5.74) is 1.64. The zero-order valence-electron chi connectivity index (χ0n) is 16.4. The number of rotatable bonds is 8. The lowest BCUT2D eigenvalue weighted by Gasteiger charge is -2.21. The molecule has 0 aliphatic rings. The molecule has 3 aromatic rings. The molecule has 0 spiro atoms. The molecule has 1 heterocycles. The van der Waals surface area contributed by atoms with Crippen LogP contribution in [0.1, 0.15) is 30.3 Å². The molecule has 7 heteroatoms. The number of ether oxygens (including phenoxy) is 1. The Morgan fingerprint density at radius 1 is 1.21 bits per heavy atom. The average molecular weight is 415 g/mol. The topological polar surface area (TPSA) is 59.5 Å². The van der Waals surface area contributed by atoms with Crippen molar-refractivity contribution in [1.29, 1.82) is 0 Å². The maximum atomic E-state index is 13.3. The highest BCUT2D eigenvalue weighted by Crippen LogP contribution is 2.22. The number of nitrogens with zero attached hydrogens (tertiary/aromatic N) is 2. The molecule has 29 heavy (non-hydrogen) atoms. The summed E-state index contributed by atoms with van der Waals surface area (Å²) in [6.07, 6.45) is 0.638. The summed E-state index contributed by atoms with van der Waals surface area (Å²) in [7, 11) is 1.60. The van der Waals surface area contributed by atoms with Crippen molar-refractivity contribution in [2.24, 2.45) is 0 Å². The van der Waals surface area contributed by atoms with E-state index < -0.39 is 12.1 Å². The van der Waals surface area contributed by atoms with Crippen molar-refractivity contribution in [3.05, 3.63) is 64.9 Å². The van der Waals surface area contributed by atoms with E-state index in [0.29, 0.717) is 18.4 Å². The molecule has 152 valence electrons. The van der Waals surface area contributed by atoms with Crippen LogP contribution in [0.15, 0.2) is 48.5 Å². The van der Waals surface area contributed by atoms with E-state index in [4.69, 9.17) is 4.74 Å². The average Bonchev–Trinajstić information content (AvgIpc) is 3.10. The van der Waals surface area contributed by atoms with Crippen molar-refractivity contribution in [2.75, 3.05) is 7.05 Å². The number of benzene rings is 2. The number of hydrogen-bond acceptors (Lipinski definition) is 5. The van der Waals surface area contributed by atoms with Crippen LogP contribution in [0.25, 0.3) is 10.2 Å². The van der Waals surface area contributed by atoms with Crippen LogP contribution in [0, 0.1) is 5.82 Å². The number of aromatic nitrogens is 1. The summed E-state index contributed by atoms with van der Waals surface area (Å²) in [6.45, 7) is 1.80. The molecule has 0 aliphatic carbocycles. The first-order valence-corrected chi connectivity index (χ1v) is 10.3. The van der Waals surface area contributed by atoms with Gasteiger partial charge in [0, 0.05) is 20.0 Å². The van der Waals surface area contributed by atoms with Gasteiger partial charge in [0.1, 0.15) is 5.82 Å². The molecule has 1 atom stereocenters. The number of carbonyl (C=O) groups is 2. The molecule has 5 nitrogen and oxygen atoms in total. The minimum Gasteiger partial charge on any atom is -0.453 e. The van der Waals surface area contributed by atoms with Crippen molar-refractivity contribution in [3.63, 3.8) is 0 Å². The van der Waals surface area contributed by atoms with Crippen LogP contribution in [0.3, 0.4) is 0 Å². The first-order chi connectivity index (χ1) is 13.9. The van der Waals surface area contributed by atoms with Crippen molar-refractivity contribution in [2.45, 2.75) is 38.8 Å². The zero-order chi connectivity index (χ0) is 20.8. The van der Waals surface area contributed by atoms with Crippen LogP contribution in [0.4, 0.5) is 4.39 Å². The zero-order valence-corrected chi connectivity index (χ0v) is 17.2. The highest BCUT2D eigenvalue weighted by atomic mass is 32.1. The van der Waals surface area contributed by atoms with E-state index in [2.05, 4.69) is 4.98 Å². The van der Waals surface area contributed by atoms with E-state index in [1.807, 2.05) is 24.3 Å². The summed E-state index contributed by atoms with van der Waals surface area (Å²) >= 11 is 1.62. The monoisotopic (exact) mass is 414 g/mol. The van der Waals surface area contributed by atoms with Crippen LogP contribution in [-0.4, -0.2) is 34.9 Å². The number of likely N-dealkylation sites (N-methyl/N-ethyl adjacent to an activating group) is 1. The van der Waals surface area contributed by atoms with E-state index in [1.54, 1.807) is 37.4 Å². The Labute approximate surface area is 173 Å². The lowest BCUT2D eigenvalue weighted by molar-refractivity contribution is -0.158.